The minimum Gasteiger partial charge on any atom is -0.486 e. The molecule has 132 valence electrons. The molecule has 2 aromatic rings. The van der Waals surface area contributed by atoms with Gasteiger partial charge < -0.3 is 14.4 Å². The first kappa shape index (κ1) is 17.9. The Morgan fingerprint density at radius 2 is 1.76 bits per heavy atom. The third kappa shape index (κ3) is 4.20. The standard InChI is InChI=1S/C19H19Cl2NO3/c1-2-22(19(23)11-14-15(20)4-3-5-16(14)21)12-13-6-7-17-18(10-13)25-9-8-24-17/h3-7,10H,2,8-9,11-12H2,1H3. The first-order chi connectivity index (χ1) is 12.1. The number of likely N-dealkylation sites (N-methyl/N-ethyl adjacent to an activating group) is 1. The fraction of sp³-hybridized carbons (Fsp3) is 0.316. The van der Waals surface area contributed by atoms with Crippen molar-refractivity contribution >= 4 is 29.1 Å². The molecule has 0 fully saturated rings. The molecular formula is C19H19Cl2NO3. The monoisotopic (exact) mass is 379 g/mol. The number of rotatable bonds is 5. The van der Waals surface area contributed by atoms with Crippen LogP contribution in [0, 0.1) is 0 Å². The van der Waals surface area contributed by atoms with E-state index in [0.29, 0.717) is 41.9 Å². The molecule has 25 heavy (non-hydrogen) atoms. The lowest BCUT2D eigenvalue weighted by molar-refractivity contribution is -0.130. The first-order valence-corrected chi connectivity index (χ1v) is 8.93. The fourth-order valence-electron chi connectivity index (χ4n) is 2.75. The van der Waals surface area contributed by atoms with Gasteiger partial charge in [0.1, 0.15) is 13.2 Å². The van der Waals surface area contributed by atoms with Crippen molar-refractivity contribution in [3.05, 3.63) is 57.6 Å². The Hall–Kier alpha value is -1.91. The molecule has 4 nitrogen and oxygen atoms in total. The highest BCUT2D eigenvalue weighted by atomic mass is 35.5. The third-order valence-corrected chi connectivity index (χ3v) is 4.81. The zero-order valence-corrected chi connectivity index (χ0v) is 15.4. The van der Waals surface area contributed by atoms with Crippen LogP contribution in [0.2, 0.25) is 10.0 Å². The lowest BCUT2D eigenvalue weighted by Crippen LogP contribution is -2.31. The molecule has 0 aromatic heterocycles. The number of amides is 1. The summed E-state index contributed by atoms with van der Waals surface area (Å²) < 4.78 is 11.1. The van der Waals surface area contributed by atoms with Crippen molar-refractivity contribution in [3.63, 3.8) is 0 Å². The van der Waals surface area contributed by atoms with Crippen molar-refractivity contribution in [1.82, 2.24) is 4.90 Å². The van der Waals surface area contributed by atoms with Crippen LogP contribution in [0.3, 0.4) is 0 Å². The smallest absolute Gasteiger partial charge is 0.227 e. The Bertz CT molecular complexity index is 759. The van der Waals surface area contributed by atoms with E-state index in [-0.39, 0.29) is 12.3 Å². The summed E-state index contributed by atoms with van der Waals surface area (Å²) in [6.07, 6.45) is 0.177. The highest BCUT2D eigenvalue weighted by Gasteiger charge is 2.18. The van der Waals surface area contributed by atoms with E-state index in [4.69, 9.17) is 32.7 Å². The quantitative estimate of drug-likeness (QED) is 0.774. The Labute approximate surface area is 157 Å². The molecule has 1 amide bonds. The normalized spacial score (nSPS) is 12.8. The second-order valence-electron chi connectivity index (χ2n) is 5.76. The van der Waals surface area contributed by atoms with E-state index in [0.717, 1.165) is 17.1 Å². The van der Waals surface area contributed by atoms with Crippen molar-refractivity contribution in [1.29, 1.82) is 0 Å². The Kier molecular flexibility index (Phi) is 5.71. The predicted molar refractivity (Wildman–Crippen MR) is 98.7 cm³/mol. The predicted octanol–water partition coefficient (Wildman–Crippen LogP) is 4.36. The van der Waals surface area contributed by atoms with Gasteiger partial charge in [0.25, 0.3) is 0 Å². The highest BCUT2D eigenvalue weighted by Crippen LogP contribution is 2.31. The maximum Gasteiger partial charge on any atom is 0.227 e. The summed E-state index contributed by atoms with van der Waals surface area (Å²) in [6, 6.07) is 11.0. The minimum absolute atomic E-state index is 0.0209. The van der Waals surface area contributed by atoms with Crippen LogP contribution in [-0.2, 0) is 17.8 Å². The van der Waals surface area contributed by atoms with Gasteiger partial charge in [-0.15, -0.1) is 0 Å². The third-order valence-electron chi connectivity index (χ3n) is 4.10. The molecule has 0 aliphatic carbocycles. The van der Waals surface area contributed by atoms with Gasteiger partial charge in [-0.2, -0.15) is 0 Å². The van der Waals surface area contributed by atoms with E-state index in [2.05, 4.69) is 0 Å². The summed E-state index contributed by atoms with van der Waals surface area (Å²) in [5.41, 5.74) is 1.65. The van der Waals surface area contributed by atoms with Crippen molar-refractivity contribution in [3.8, 4) is 11.5 Å². The van der Waals surface area contributed by atoms with E-state index < -0.39 is 0 Å². The van der Waals surface area contributed by atoms with Crippen LogP contribution in [0.1, 0.15) is 18.1 Å². The molecule has 1 aliphatic heterocycles. The van der Waals surface area contributed by atoms with E-state index in [9.17, 15) is 4.79 Å². The summed E-state index contributed by atoms with van der Waals surface area (Å²) in [7, 11) is 0. The lowest BCUT2D eigenvalue weighted by Gasteiger charge is -2.23. The number of halogens is 2. The average Bonchev–Trinajstić information content (AvgIpc) is 2.62. The summed E-state index contributed by atoms with van der Waals surface area (Å²) in [5.74, 6) is 1.45. The van der Waals surface area contributed by atoms with Gasteiger partial charge >= 0.3 is 0 Å². The van der Waals surface area contributed by atoms with E-state index in [1.807, 2.05) is 25.1 Å². The van der Waals surface area contributed by atoms with Gasteiger partial charge in [-0.3, -0.25) is 4.79 Å². The molecule has 3 rings (SSSR count). The molecular weight excluding hydrogens is 361 g/mol. The number of carbonyl (C=O) groups is 1. The zero-order valence-electron chi connectivity index (χ0n) is 13.9. The fourth-order valence-corrected chi connectivity index (χ4v) is 3.28. The molecule has 0 saturated heterocycles. The molecule has 2 aromatic carbocycles. The molecule has 0 unspecified atom stereocenters. The molecule has 0 saturated carbocycles. The van der Waals surface area contributed by atoms with Crippen LogP contribution in [0.25, 0.3) is 0 Å². The molecule has 6 heteroatoms. The summed E-state index contributed by atoms with van der Waals surface area (Å²) in [6.45, 7) is 4.13. The summed E-state index contributed by atoms with van der Waals surface area (Å²) in [4.78, 5) is 14.5. The van der Waals surface area contributed by atoms with Crippen LogP contribution in [0.15, 0.2) is 36.4 Å². The Morgan fingerprint density at radius 3 is 2.44 bits per heavy atom. The van der Waals surface area contributed by atoms with Crippen LogP contribution >= 0.6 is 23.2 Å². The summed E-state index contributed by atoms with van der Waals surface area (Å²) >= 11 is 12.4. The number of nitrogens with zero attached hydrogens (tertiary/aromatic N) is 1. The molecule has 0 atom stereocenters. The molecule has 0 radical (unpaired) electrons. The van der Waals surface area contributed by atoms with Gasteiger partial charge in [0, 0.05) is 23.1 Å². The van der Waals surface area contributed by atoms with E-state index in [1.165, 1.54) is 0 Å². The highest BCUT2D eigenvalue weighted by molar-refractivity contribution is 6.36. The largest absolute Gasteiger partial charge is 0.486 e. The Balaban J connectivity index is 1.73. The average molecular weight is 380 g/mol. The zero-order chi connectivity index (χ0) is 17.8. The second kappa shape index (κ2) is 7.98. The number of carbonyl (C=O) groups excluding carboxylic acids is 1. The van der Waals surface area contributed by atoms with Crippen LogP contribution in [0.5, 0.6) is 11.5 Å². The van der Waals surface area contributed by atoms with Gasteiger partial charge in [-0.1, -0.05) is 35.3 Å². The van der Waals surface area contributed by atoms with Crippen molar-refractivity contribution in [2.24, 2.45) is 0 Å². The number of ether oxygens (including phenoxy) is 2. The molecule has 0 spiro atoms. The molecule has 0 N–H and O–H groups in total. The van der Waals surface area contributed by atoms with Gasteiger partial charge in [0.15, 0.2) is 11.5 Å². The van der Waals surface area contributed by atoms with Crippen molar-refractivity contribution < 1.29 is 14.3 Å². The van der Waals surface area contributed by atoms with Crippen molar-refractivity contribution in [2.45, 2.75) is 19.9 Å². The maximum atomic E-state index is 12.7. The number of hydrogen-bond acceptors (Lipinski definition) is 3. The number of fused-ring (bicyclic) bond motifs is 1. The SMILES string of the molecule is CCN(Cc1ccc2c(c1)OCCO2)C(=O)Cc1c(Cl)cccc1Cl. The minimum atomic E-state index is -0.0209. The number of hydrogen-bond donors (Lipinski definition) is 0. The topological polar surface area (TPSA) is 38.8 Å². The van der Waals surface area contributed by atoms with Gasteiger partial charge in [-0.05, 0) is 42.3 Å². The van der Waals surface area contributed by atoms with Crippen molar-refractivity contribution in [2.75, 3.05) is 19.8 Å². The van der Waals surface area contributed by atoms with Gasteiger partial charge in [0.2, 0.25) is 5.91 Å². The van der Waals surface area contributed by atoms with E-state index >= 15 is 0 Å². The second-order valence-corrected chi connectivity index (χ2v) is 6.58. The van der Waals surface area contributed by atoms with Crippen LogP contribution < -0.4 is 9.47 Å². The molecule has 1 aliphatic rings. The van der Waals surface area contributed by atoms with Crippen LogP contribution in [-0.4, -0.2) is 30.6 Å². The summed E-state index contributed by atoms with van der Waals surface area (Å²) in [5, 5.41) is 1.02. The lowest BCUT2D eigenvalue weighted by atomic mass is 10.1. The van der Waals surface area contributed by atoms with Crippen LogP contribution in [0.4, 0.5) is 0 Å². The first-order valence-electron chi connectivity index (χ1n) is 8.17. The van der Waals surface area contributed by atoms with Gasteiger partial charge in [0.05, 0.1) is 6.42 Å². The molecule has 0 bridgehead atoms. The van der Waals surface area contributed by atoms with Gasteiger partial charge in [-0.25, -0.2) is 0 Å². The van der Waals surface area contributed by atoms with E-state index in [1.54, 1.807) is 23.1 Å². The number of benzene rings is 2. The molecule has 1 heterocycles. The maximum absolute atomic E-state index is 12.7. The Morgan fingerprint density at radius 1 is 1.08 bits per heavy atom.